The predicted molar refractivity (Wildman–Crippen MR) is 141 cm³/mol. The summed E-state index contributed by atoms with van der Waals surface area (Å²) in [5.41, 5.74) is 5.90. The van der Waals surface area contributed by atoms with Crippen molar-refractivity contribution in [2.45, 2.75) is 26.0 Å². The van der Waals surface area contributed by atoms with Crippen molar-refractivity contribution in [3.8, 4) is 22.5 Å². The highest BCUT2D eigenvalue weighted by molar-refractivity contribution is 8.00. The lowest BCUT2D eigenvalue weighted by Gasteiger charge is -2.13. The molecule has 0 aliphatic heterocycles. The van der Waals surface area contributed by atoms with Crippen LogP contribution >= 0.6 is 0 Å². The summed E-state index contributed by atoms with van der Waals surface area (Å²) in [5, 5.41) is 4.08. The molecule has 1 heterocycles. The van der Waals surface area contributed by atoms with E-state index in [2.05, 4.69) is 15.7 Å². The molecule has 35 heavy (non-hydrogen) atoms. The molecule has 6 nitrogen and oxygen atoms in total. The van der Waals surface area contributed by atoms with Gasteiger partial charge in [0.2, 0.25) is 0 Å². The number of anilines is 1. The number of esters is 1. The maximum Gasteiger partial charge on any atom is 0.310 e. The molecule has 0 fully saturated rings. The van der Waals surface area contributed by atoms with Crippen molar-refractivity contribution in [3.63, 3.8) is 0 Å². The van der Waals surface area contributed by atoms with Gasteiger partial charge in [-0.05, 0) is 42.0 Å². The minimum Gasteiger partial charge on any atom is -0.466 e. The molecule has 0 aliphatic rings. The van der Waals surface area contributed by atoms with Crippen molar-refractivity contribution in [1.29, 1.82) is 0 Å². The van der Waals surface area contributed by atoms with E-state index in [-0.39, 0.29) is 12.4 Å². The normalized spacial score (nSPS) is 12.6. The lowest BCUT2D eigenvalue weighted by atomic mass is 10.0. The first-order valence-corrected chi connectivity index (χ1v) is 13.2. The molecule has 0 radical (unpaired) electrons. The van der Waals surface area contributed by atoms with Crippen LogP contribution in [0.25, 0.3) is 22.5 Å². The third-order valence-corrected chi connectivity index (χ3v) is 6.86. The Morgan fingerprint density at radius 1 is 0.943 bits per heavy atom. The first-order chi connectivity index (χ1) is 16.8. The van der Waals surface area contributed by atoms with Gasteiger partial charge in [-0.3, -0.25) is 4.79 Å². The number of carbonyl (C=O) groups excluding carboxylic acids is 1. The lowest BCUT2D eigenvalue weighted by Crippen LogP contribution is -2.15. The average Bonchev–Trinajstić information content (AvgIpc) is 3.19. The summed E-state index contributed by atoms with van der Waals surface area (Å²) in [6.45, 7) is 3.98. The number of aryl methyl sites for hydroxylation is 1. The molecular formula is C28H28N2O4S. The largest absolute Gasteiger partial charge is 0.466 e. The Labute approximate surface area is 206 Å². The van der Waals surface area contributed by atoms with Crippen LogP contribution in [0.5, 0.6) is 0 Å². The highest BCUT2D eigenvalue weighted by Gasteiger charge is 2.18. The first kappa shape index (κ1) is 24.3. The maximum atomic E-state index is 13.2. The molecule has 0 amide bonds. The molecule has 0 aliphatic carbocycles. The first-order valence-electron chi connectivity index (χ1n) is 11.3. The van der Waals surface area contributed by atoms with Gasteiger partial charge in [-0.25, -0.2) is 4.21 Å². The van der Waals surface area contributed by atoms with E-state index in [1.165, 1.54) is 0 Å². The van der Waals surface area contributed by atoms with Gasteiger partial charge in [-0.15, -0.1) is 0 Å². The van der Waals surface area contributed by atoms with Crippen molar-refractivity contribution in [2.75, 3.05) is 11.3 Å². The van der Waals surface area contributed by atoms with Gasteiger partial charge in [0.05, 0.1) is 18.8 Å². The van der Waals surface area contributed by atoms with Crippen LogP contribution < -0.4 is 4.72 Å². The molecule has 1 aromatic heterocycles. The van der Waals surface area contributed by atoms with Crippen molar-refractivity contribution in [1.82, 2.24) is 5.16 Å². The van der Waals surface area contributed by atoms with Crippen LogP contribution in [0.4, 0.5) is 5.69 Å². The third kappa shape index (κ3) is 6.19. The SMILES string of the molecule is C=S(=O)(Cc1ccccc1)Nc1c(C)noc1-c1ccc(-c2ccc(CC(=O)OCC)cc2)cc1. The molecule has 4 aromatic rings. The second-order valence-corrected chi connectivity index (χ2v) is 10.4. The van der Waals surface area contributed by atoms with Crippen molar-refractivity contribution in [2.24, 2.45) is 0 Å². The highest BCUT2D eigenvalue weighted by Crippen LogP contribution is 2.33. The fraction of sp³-hybridized carbons (Fsp3) is 0.179. The van der Waals surface area contributed by atoms with Crippen LogP contribution in [0.3, 0.4) is 0 Å². The Kier molecular flexibility index (Phi) is 7.36. The van der Waals surface area contributed by atoms with E-state index in [1.54, 1.807) is 13.8 Å². The Bertz CT molecular complexity index is 1390. The molecule has 1 N–H and O–H groups in total. The lowest BCUT2D eigenvalue weighted by molar-refractivity contribution is -0.142. The Hall–Kier alpha value is -3.84. The fourth-order valence-electron chi connectivity index (χ4n) is 3.76. The number of nitrogens with one attached hydrogen (secondary N) is 1. The monoisotopic (exact) mass is 488 g/mol. The Morgan fingerprint density at radius 3 is 2.17 bits per heavy atom. The molecule has 3 aromatic carbocycles. The number of hydrogen-bond acceptors (Lipinski definition) is 5. The molecule has 180 valence electrons. The molecule has 4 rings (SSSR count). The number of nitrogens with zero attached hydrogens (tertiary/aromatic N) is 1. The van der Waals surface area contributed by atoms with Gasteiger partial charge in [-0.2, -0.15) is 0 Å². The van der Waals surface area contributed by atoms with E-state index >= 15 is 0 Å². The topological polar surface area (TPSA) is 81.4 Å². The van der Waals surface area contributed by atoms with Gasteiger partial charge in [0.25, 0.3) is 0 Å². The van der Waals surface area contributed by atoms with E-state index in [4.69, 9.17) is 9.26 Å². The van der Waals surface area contributed by atoms with Gasteiger partial charge in [0.1, 0.15) is 11.4 Å². The molecule has 0 bridgehead atoms. The second-order valence-electron chi connectivity index (χ2n) is 8.27. The molecule has 7 heteroatoms. The summed E-state index contributed by atoms with van der Waals surface area (Å²) in [6, 6.07) is 25.3. The Balaban J connectivity index is 1.51. The van der Waals surface area contributed by atoms with Crippen LogP contribution in [0.15, 0.2) is 83.4 Å². The van der Waals surface area contributed by atoms with Crippen molar-refractivity contribution < 1.29 is 18.3 Å². The molecule has 0 saturated heterocycles. The van der Waals surface area contributed by atoms with Crippen LogP contribution in [-0.4, -0.2) is 27.8 Å². The van der Waals surface area contributed by atoms with Crippen LogP contribution in [-0.2, 0) is 31.4 Å². The van der Waals surface area contributed by atoms with Crippen LogP contribution in [0.2, 0.25) is 0 Å². The van der Waals surface area contributed by atoms with Crippen molar-refractivity contribution >= 4 is 27.2 Å². The van der Waals surface area contributed by atoms with E-state index in [0.717, 1.165) is 27.8 Å². The zero-order chi connectivity index (χ0) is 24.8. The number of rotatable bonds is 9. The van der Waals surface area contributed by atoms with Crippen LogP contribution in [0.1, 0.15) is 23.7 Å². The van der Waals surface area contributed by atoms with Gasteiger partial charge in [0, 0.05) is 15.3 Å². The smallest absolute Gasteiger partial charge is 0.310 e. The van der Waals surface area contributed by atoms with Gasteiger partial charge >= 0.3 is 5.97 Å². The number of ether oxygens (including phenoxy) is 1. The average molecular weight is 489 g/mol. The number of carbonyl (C=O) groups is 1. The minimum atomic E-state index is -2.66. The summed E-state index contributed by atoms with van der Waals surface area (Å²) in [7, 11) is -2.66. The van der Waals surface area contributed by atoms with Gasteiger partial charge < -0.3 is 14.0 Å². The standard InChI is InChI=1S/C28H28N2O4S/c1-4-33-26(31)18-21-10-12-23(13-11-21)24-14-16-25(17-15-24)28-27(20(2)29-34-28)30-35(3,32)19-22-8-6-5-7-9-22/h5-17H,3-4,18-19H2,1-2H3,(H,30,32). The van der Waals surface area contributed by atoms with Crippen molar-refractivity contribution in [3.05, 3.63) is 95.7 Å². The molecule has 0 saturated carbocycles. The van der Waals surface area contributed by atoms with Gasteiger partial charge in [0.15, 0.2) is 5.76 Å². The summed E-state index contributed by atoms with van der Waals surface area (Å²) in [6.07, 6.45) is 0.257. The molecular weight excluding hydrogens is 460 g/mol. The van der Waals surface area contributed by atoms with E-state index < -0.39 is 9.71 Å². The van der Waals surface area contributed by atoms with Crippen LogP contribution in [0, 0.1) is 6.92 Å². The number of benzene rings is 3. The summed E-state index contributed by atoms with van der Waals surface area (Å²) in [5.74, 6) is 4.50. The maximum absolute atomic E-state index is 13.2. The highest BCUT2D eigenvalue weighted by atomic mass is 32.2. The predicted octanol–water partition coefficient (Wildman–Crippen LogP) is 5.67. The summed E-state index contributed by atoms with van der Waals surface area (Å²) >= 11 is 0. The Morgan fingerprint density at radius 2 is 1.54 bits per heavy atom. The quantitative estimate of drug-likeness (QED) is 0.243. The number of aromatic nitrogens is 1. The molecule has 1 atom stereocenters. The van der Waals surface area contributed by atoms with E-state index in [9.17, 15) is 9.00 Å². The zero-order valence-corrected chi connectivity index (χ0v) is 20.6. The van der Waals surface area contributed by atoms with E-state index in [1.807, 2.05) is 78.9 Å². The minimum absolute atomic E-state index is 0.230. The molecule has 1 unspecified atom stereocenters. The number of hydrogen-bond donors (Lipinski definition) is 1. The summed E-state index contributed by atoms with van der Waals surface area (Å²) < 4.78 is 26.9. The fourth-order valence-corrected chi connectivity index (χ4v) is 5.18. The molecule has 0 spiro atoms. The third-order valence-electron chi connectivity index (χ3n) is 5.48. The second kappa shape index (κ2) is 10.6. The van der Waals surface area contributed by atoms with E-state index in [0.29, 0.717) is 29.5 Å². The zero-order valence-electron chi connectivity index (χ0n) is 19.8. The van der Waals surface area contributed by atoms with Gasteiger partial charge in [-0.1, -0.05) is 84.0 Å². The summed E-state index contributed by atoms with van der Waals surface area (Å²) in [4.78, 5) is 11.7.